The minimum Gasteiger partial charge on any atom is -0.481 e. The first-order valence-electron chi connectivity index (χ1n) is 6.68. The van der Waals surface area contributed by atoms with Crippen LogP contribution in [0.5, 0.6) is 0 Å². The van der Waals surface area contributed by atoms with Crippen molar-refractivity contribution < 1.29 is 9.90 Å². The zero-order chi connectivity index (χ0) is 16.4. The lowest BCUT2D eigenvalue weighted by molar-refractivity contribution is -0.133. The van der Waals surface area contributed by atoms with E-state index in [9.17, 15) is 9.59 Å². The molecule has 1 aromatic heterocycles. The number of nitrogens with zero attached hydrogens (tertiary/aromatic N) is 2. The molecule has 0 fully saturated rings. The van der Waals surface area contributed by atoms with Crippen molar-refractivity contribution in [2.45, 2.75) is 5.16 Å². The van der Waals surface area contributed by atoms with E-state index in [0.29, 0.717) is 21.7 Å². The fourth-order valence-electron chi connectivity index (χ4n) is 2.15. The number of halogens is 1. The van der Waals surface area contributed by atoms with Crippen LogP contribution >= 0.6 is 27.7 Å². The summed E-state index contributed by atoms with van der Waals surface area (Å²) in [6.07, 6.45) is 0. The molecule has 0 aliphatic rings. The molecule has 0 bridgehead atoms. The summed E-state index contributed by atoms with van der Waals surface area (Å²) in [5, 5.41) is 9.77. The fraction of sp³-hybridized carbons (Fsp3) is 0.0625. The van der Waals surface area contributed by atoms with Gasteiger partial charge in [0.25, 0.3) is 5.56 Å². The third kappa shape index (κ3) is 3.30. The maximum atomic E-state index is 12.8. The monoisotopic (exact) mass is 390 g/mol. The van der Waals surface area contributed by atoms with Crippen LogP contribution in [0.25, 0.3) is 16.6 Å². The first-order valence-corrected chi connectivity index (χ1v) is 8.46. The summed E-state index contributed by atoms with van der Waals surface area (Å²) in [5.41, 5.74) is 0.980. The molecule has 23 heavy (non-hydrogen) atoms. The number of thioether (sulfide) groups is 1. The maximum Gasteiger partial charge on any atom is 0.313 e. The van der Waals surface area contributed by atoms with Crippen LogP contribution in [0.3, 0.4) is 0 Å². The number of benzene rings is 2. The Hall–Kier alpha value is -2.12. The molecule has 0 atom stereocenters. The van der Waals surface area contributed by atoms with Crippen molar-refractivity contribution in [3.8, 4) is 5.69 Å². The Morgan fingerprint density at radius 3 is 2.57 bits per heavy atom. The number of aliphatic carboxylic acids is 1. The van der Waals surface area contributed by atoms with Gasteiger partial charge in [-0.25, -0.2) is 4.98 Å². The Kier molecular flexibility index (Phi) is 4.49. The summed E-state index contributed by atoms with van der Waals surface area (Å²) in [7, 11) is 0. The van der Waals surface area contributed by atoms with Crippen LogP contribution < -0.4 is 5.56 Å². The van der Waals surface area contributed by atoms with Crippen LogP contribution in [0.4, 0.5) is 0 Å². The highest BCUT2D eigenvalue weighted by atomic mass is 79.9. The zero-order valence-corrected chi connectivity index (χ0v) is 14.2. The van der Waals surface area contributed by atoms with Gasteiger partial charge in [0, 0.05) is 4.47 Å². The second-order valence-electron chi connectivity index (χ2n) is 4.71. The second-order valence-corrected chi connectivity index (χ2v) is 6.57. The van der Waals surface area contributed by atoms with Crippen LogP contribution in [-0.4, -0.2) is 26.4 Å². The summed E-state index contributed by atoms with van der Waals surface area (Å²) < 4.78 is 2.34. The predicted octanol–water partition coefficient (Wildman–Crippen LogP) is 3.32. The van der Waals surface area contributed by atoms with Gasteiger partial charge in [-0.2, -0.15) is 0 Å². The molecule has 0 aliphatic heterocycles. The molecule has 3 rings (SSSR count). The minimum atomic E-state index is -0.959. The summed E-state index contributed by atoms with van der Waals surface area (Å²) >= 11 is 4.38. The summed E-state index contributed by atoms with van der Waals surface area (Å²) in [5.74, 6) is -1.12. The topological polar surface area (TPSA) is 72.2 Å². The highest BCUT2D eigenvalue weighted by Gasteiger charge is 2.14. The highest BCUT2D eigenvalue weighted by Crippen LogP contribution is 2.22. The Morgan fingerprint density at radius 2 is 1.87 bits per heavy atom. The van der Waals surface area contributed by atoms with E-state index in [4.69, 9.17) is 5.11 Å². The van der Waals surface area contributed by atoms with Crippen molar-refractivity contribution in [2.75, 3.05) is 5.75 Å². The molecule has 3 aromatic rings. The minimum absolute atomic E-state index is 0.165. The molecule has 7 heteroatoms. The molecule has 0 unspecified atom stereocenters. The van der Waals surface area contributed by atoms with Crippen molar-refractivity contribution in [1.82, 2.24) is 9.55 Å². The average Bonchev–Trinajstić information content (AvgIpc) is 2.54. The molecule has 0 aliphatic carbocycles. The van der Waals surface area contributed by atoms with Crippen LogP contribution in [0, 0.1) is 0 Å². The number of aromatic nitrogens is 2. The third-order valence-corrected chi connectivity index (χ3v) is 4.61. The zero-order valence-electron chi connectivity index (χ0n) is 11.8. The Labute approximate surface area is 144 Å². The van der Waals surface area contributed by atoms with E-state index >= 15 is 0 Å². The van der Waals surface area contributed by atoms with Gasteiger partial charge in [0.15, 0.2) is 5.16 Å². The molecule has 0 radical (unpaired) electrons. The number of rotatable bonds is 4. The van der Waals surface area contributed by atoms with E-state index in [1.165, 1.54) is 4.57 Å². The number of carbonyl (C=O) groups is 1. The molecule has 1 N–H and O–H groups in total. The molecule has 1 heterocycles. The fourth-order valence-corrected chi connectivity index (χ4v) is 3.15. The number of hydrogen-bond donors (Lipinski definition) is 1. The Morgan fingerprint density at radius 1 is 1.17 bits per heavy atom. The number of carboxylic acid groups (broad SMARTS) is 1. The van der Waals surface area contributed by atoms with Gasteiger partial charge in [0.1, 0.15) is 0 Å². The summed E-state index contributed by atoms with van der Waals surface area (Å²) in [4.78, 5) is 28.2. The number of fused-ring (bicyclic) bond motifs is 1. The standard InChI is InChI=1S/C16H11BrN2O3S/c17-10-5-7-11(8-6-10)19-15(22)12-3-1-2-4-13(12)18-16(19)23-9-14(20)21/h1-8H,9H2,(H,20,21). The number of hydrogen-bond acceptors (Lipinski definition) is 4. The van der Waals surface area contributed by atoms with Gasteiger partial charge in [-0.1, -0.05) is 39.8 Å². The molecule has 0 saturated heterocycles. The molecule has 2 aromatic carbocycles. The maximum absolute atomic E-state index is 12.8. The van der Waals surface area contributed by atoms with Crippen LogP contribution in [0.1, 0.15) is 0 Å². The van der Waals surface area contributed by atoms with Gasteiger partial charge < -0.3 is 5.11 Å². The first-order chi connectivity index (χ1) is 11.1. The van der Waals surface area contributed by atoms with Gasteiger partial charge in [0.05, 0.1) is 22.3 Å². The van der Waals surface area contributed by atoms with Crippen molar-refractivity contribution in [3.63, 3.8) is 0 Å². The lowest BCUT2D eigenvalue weighted by atomic mass is 10.2. The van der Waals surface area contributed by atoms with Gasteiger partial charge in [-0.15, -0.1) is 0 Å². The van der Waals surface area contributed by atoms with Gasteiger partial charge in [-0.3, -0.25) is 14.2 Å². The predicted molar refractivity (Wildman–Crippen MR) is 93.4 cm³/mol. The van der Waals surface area contributed by atoms with E-state index < -0.39 is 5.97 Å². The van der Waals surface area contributed by atoms with E-state index in [2.05, 4.69) is 20.9 Å². The van der Waals surface area contributed by atoms with Crippen LogP contribution in [0.15, 0.2) is 63.0 Å². The van der Waals surface area contributed by atoms with Crippen molar-refractivity contribution in [1.29, 1.82) is 0 Å². The summed E-state index contributed by atoms with van der Waals surface area (Å²) in [6, 6.07) is 14.2. The Balaban J connectivity index is 2.25. The quantitative estimate of drug-likeness (QED) is 0.546. The third-order valence-electron chi connectivity index (χ3n) is 3.15. The van der Waals surface area contributed by atoms with E-state index in [0.717, 1.165) is 16.2 Å². The van der Waals surface area contributed by atoms with Gasteiger partial charge >= 0.3 is 5.97 Å². The van der Waals surface area contributed by atoms with Crippen LogP contribution in [0.2, 0.25) is 0 Å². The lowest BCUT2D eigenvalue weighted by Crippen LogP contribution is -2.22. The van der Waals surface area contributed by atoms with E-state index in [1.54, 1.807) is 36.4 Å². The van der Waals surface area contributed by atoms with Gasteiger partial charge in [0.2, 0.25) is 0 Å². The molecular formula is C16H11BrN2O3S. The molecule has 0 spiro atoms. The Bertz CT molecular complexity index is 938. The van der Waals surface area contributed by atoms with Crippen molar-refractivity contribution in [2.24, 2.45) is 0 Å². The molecule has 0 saturated carbocycles. The normalized spacial score (nSPS) is 10.8. The van der Waals surface area contributed by atoms with Crippen molar-refractivity contribution in [3.05, 3.63) is 63.4 Å². The van der Waals surface area contributed by atoms with E-state index in [1.807, 2.05) is 12.1 Å². The van der Waals surface area contributed by atoms with Gasteiger partial charge in [-0.05, 0) is 36.4 Å². The second kappa shape index (κ2) is 6.55. The average molecular weight is 391 g/mol. The highest BCUT2D eigenvalue weighted by molar-refractivity contribution is 9.10. The molecular weight excluding hydrogens is 380 g/mol. The van der Waals surface area contributed by atoms with Crippen molar-refractivity contribution >= 4 is 44.6 Å². The van der Waals surface area contributed by atoms with Crippen LogP contribution in [-0.2, 0) is 4.79 Å². The molecule has 0 amide bonds. The lowest BCUT2D eigenvalue weighted by Gasteiger charge is -2.12. The molecule has 116 valence electrons. The first kappa shape index (κ1) is 15.8. The summed E-state index contributed by atoms with van der Waals surface area (Å²) in [6.45, 7) is 0. The smallest absolute Gasteiger partial charge is 0.313 e. The number of carboxylic acids is 1. The SMILES string of the molecule is O=C(O)CSc1nc2ccccc2c(=O)n1-c1ccc(Br)cc1. The largest absolute Gasteiger partial charge is 0.481 e. The number of para-hydroxylation sites is 1. The van der Waals surface area contributed by atoms with E-state index in [-0.39, 0.29) is 11.3 Å². The molecule has 5 nitrogen and oxygen atoms in total.